The first-order valence-corrected chi connectivity index (χ1v) is 12.8. The maximum atomic E-state index is 11.5. The summed E-state index contributed by atoms with van der Waals surface area (Å²) in [7, 11) is -3.02. The first-order valence-electron chi connectivity index (χ1n) is 10.7. The maximum Gasteiger partial charge on any atom is 0.151 e. The molecule has 1 fully saturated rings. The fourth-order valence-electron chi connectivity index (χ4n) is 4.01. The van der Waals surface area contributed by atoms with E-state index in [0.29, 0.717) is 0 Å². The van der Waals surface area contributed by atoms with Crippen molar-refractivity contribution in [1.82, 2.24) is 9.88 Å². The quantitative estimate of drug-likeness (QED) is 0.584. The zero-order chi connectivity index (χ0) is 21.8. The van der Waals surface area contributed by atoms with Crippen LogP contribution in [0.15, 0.2) is 54.6 Å². The Balaban J connectivity index is 1.59. The summed E-state index contributed by atoms with van der Waals surface area (Å²) in [6, 6.07) is 18.2. The zero-order valence-corrected chi connectivity index (χ0v) is 19.0. The van der Waals surface area contributed by atoms with Crippen LogP contribution < -0.4 is 4.90 Å². The van der Waals surface area contributed by atoms with Gasteiger partial charge in [-0.15, -0.1) is 0 Å². The van der Waals surface area contributed by atoms with Crippen molar-refractivity contribution in [2.75, 3.05) is 43.9 Å². The standard InChI is InChI=1S/C25H29N3O2S/c1-3-27-14-16-28(17-15-27)25-24-7-5-4-6-22(24)18-23(26-25)13-12-20-8-10-21(11-9-20)19-31(2,29)30/h4-13,18H,3,14-17,19H2,1-2H3. The van der Waals surface area contributed by atoms with E-state index in [2.05, 4.69) is 47.1 Å². The number of piperazine rings is 1. The summed E-state index contributed by atoms with van der Waals surface area (Å²) in [6.45, 7) is 7.40. The smallest absolute Gasteiger partial charge is 0.151 e. The van der Waals surface area contributed by atoms with E-state index in [1.165, 1.54) is 17.0 Å². The lowest BCUT2D eigenvalue weighted by Gasteiger charge is -2.35. The summed E-state index contributed by atoms with van der Waals surface area (Å²) in [4.78, 5) is 9.86. The second-order valence-electron chi connectivity index (χ2n) is 8.16. The van der Waals surface area contributed by atoms with Crippen molar-refractivity contribution < 1.29 is 8.42 Å². The monoisotopic (exact) mass is 435 g/mol. The van der Waals surface area contributed by atoms with E-state index in [-0.39, 0.29) is 5.75 Å². The zero-order valence-electron chi connectivity index (χ0n) is 18.2. The maximum absolute atomic E-state index is 11.5. The Labute approximate surface area is 184 Å². The van der Waals surface area contributed by atoms with Crippen LogP contribution in [0.1, 0.15) is 23.7 Å². The highest BCUT2D eigenvalue weighted by Crippen LogP contribution is 2.27. The Morgan fingerprint density at radius 2 is 1.68 bits per heavy atom. The van der Waals surface area contributed by atoms with E-state index >= 15 is 0 Å². The molecule has 4 rings (SSSR count). The molecule has 1 aliphatic rings. The molecule has 1 aromatic heterocycles. The molecule has 0 bridgehead atoms. The molecule has 0 spiro atoms. The molecule has 2 heterocycles. The van der Waals surface area contributed by atoms with E-state index in [9.17, 15) is 8.42 Å². The molecule has 0 unspecified atom stereocenters. The topological polar surface area (TPSA) is 53.5 Å². The molecule has 5 nitrogen and oxygen atoms in total. The lowest BCUT2D eigenvalue weighted by Crippen LogP contribution is -2.46. The Hall–Kier alpha value is -2.70. The molecule has 0 atom stereocenters. The molecular weight excluding hydrogens is 406 g/mol. The predicted octanol–water partition coefficient (Wildman–Crippen LogP) is 4.09. The Kier molecular flexibility index (Phi) is 6.39. The van der Waals surface area contributed by atoms with Crippen molar-refractivity contribution in [2.45, 2.75) is 12.7 Å². The highest BCUT2D eigenvalue weighted by Gasteiger charge is 2.19. The summed E-state index contributed by atoms with van der Waals surface area (Å²) in [5.74, 6) is 1.12. The third-order valence-corrected chi connectivity index (χ3v) is 6.57. The number of likely N-dealkylation sites (N-methyl/N-ethyl adjacent to an activating group) is 1. The average Bonchev–Trinajstić information content (AvgIpc) is 2.77. The number of rotatable bonds is 6. The first-order chi connectivity index (χ1) is 14.9. The van der Waals surface area contributed by atoms with Crippen molar-refractivity contribution in [3.05, 3.63) is 71.4 Å². The molecule has 2 aromatic carbocycles. The lowest BCUT2D eigenvalue weighted by molar-refractivity contribution is 0.271. The molecule has 0 N–H and O–H groups in total. The second kappa shape index (κ2) is 9.20. The van der Waals surface area contributed by atoms with Gasteiger partial charge in [0.2, 0.25) is 0 Å². The molecule has 0 amide bonds. The predicted molar refractivity (Wildman–Crippen MR) is 130 cm³/mol. The molecule has 3 aromatic rings. The van der Waals surface area contributed by atoms with Gasteiger partial charge in [0.1, 0.15) is 5.82 Å². The van der Waals surface area contributed by atoms with Crippen LogP contribution in [0.2, 0.25) is 0 Å². The van der Waals surface area contributed by atoms with Gasteiger partial charge in [-0.05, 0) is 35.2 Å². The highest BCUT2D eigenvalue weighted by molar-refractivity contribution is 7.89. The molecule has 0 radical (unpaired) electrons. The molecule has 1 saturated heterocycles. The lowest BCUT2D eigenvalue weighted by atomic mass is 10.1. The van der Waals surface area contributed by atoms with E-state index in [4.69, 9.17) is 4.98 Å². The van der Waals surface area contributed by atoms with Crippen LogP contribution in [0.25, 0.3) is 22.9 Å². The third kappa shape index (κ3) is 5.51. The van der Waals surface area contributed by atoms with Crippen LogP contribution in [0.5, 0.6) is 0 Å². The van der Waals surface area contributed by atoms with Gasteiger partial charge < -0.3 is 9.80 Å². The summed E-state index contributed by atoms with van der Waals surface area (Å²) >= 11 is 0. The normalized spacial score (nSPS) is 15.7. The molecule has 1 aliphatic heterocycles. The van der Waals surface area contributed by atoms with Crippen molar-refractivity contribution in [3.63, 3.8) is 0 Å². The minimum absolute atomic E-state index is 0.0673. The van der Waals surface area contributed by atoms with Gasteiger partial charge in [-0.25, -0.2) is 13.4 Å². The van der Waals surface area contributed by atoms with Gasteiger partial charge in [-0.3, -0.25) is 0 Å². The molecule has 0 aliphatic carbocycles. The fraction of sp³-hybridized carbons (Fsp3) is 0.320. The van der Waals surface area contributed by atoms with Gasteiger partial charge in [0.05, 0.1) is 11.4 Å². The first kappa shape index (κ1) is 21.5. The molecule has 31 heavy (non-hydrogen) atoms. The van der Waals surface area contributed by atoms with E-state index in [0.717, 1.165) is 55.4 Å². The summed E-state index contributed by atoms with van der Waals surface area (Å²) < 4.78 is 22.9. The fourth-order valence-corrected chi connectivity index (χ4v) is 4.81. The number of fused-ring (bicyclic) bond motifs is 1. The minimum Gasteiger partial charge on any atom is -0.354 e. The Morgan fingerprint density at radius 1 is 0.968 bits per heavy atom. The van der Waals surface area contributed by atoms with Crippen molar-refractivity contribution >= 4 is 38.6 Å². The van der Waals surface area contributed by atoms with Gasteiger partial charge in [0.15, 0.2) is 9.84 Å². The van der Waals surface area contributed by atoms with Crippen LogP contribution >= 0.6 is 0 Å². The number of hydrogen-bond donors (Lipinski definition) is 0. The van der Waals surface area contributed by atoms with Gasteiger partial charge in [0.25, 0.3) is 0 Å². The van der Waals surface area contributed by atoms with Crippen molar-refractivity contribution in [3.8, 4) is 0 Å². The van der Waals surface area contributed by atoms with E-state index in [1.807, 2.05) is 36.4 Å². The van der Waals surface area contributed by atoms with Crippen molar-refractivity contribution in [1.29, 1.82) is 0 Å². The van der Waals surface area contributed by atoms with E-state index in [1.54, 1.807) is 0 Å². The largest absolute Gasteiger partial charge is 0.354 e. The second-order valence-corrected chi connectivity index (χ2v) is 10.3. The number of hydrogen-bond acceptors (Lipinski definition) is 5. The van der Waals surface area contributed by atoms with Gasteiger partial charge in [-0.1, -0.05) is 61.5 Å². The third-order valence-electron chi connectivity index (χ3n) is 5.71. The van der Waals surface area contributed by atoms with Crippen LogP contribution in [0.3, 0.4) is 0 Å². The van der Waals surface area contributed by atoms with Crippen LogP contribution in [-0.4, -0.2) is 57.3 Å². The van der Waals surface area contributed by atoms with Crippen molar-refractivity contribution in [2.24, 2.45) is 0 Å². The van der Waals surface area contributed by atoms with Gasteiger partial charge in [0, 0.05) is 37.8 Å². The molecule has 162 valence electrons. The average molecular weight is 436 g/mol. The summed E-state index contributed by atoms with van der Waals surface area (Å²) in [5, 5.41) is 2.38. The van der Waals surface area contributed by atoms with Crippen LogP contribution in [0.4, 0.5) is 5.82 Å². The molecule has 6 heteroatoms. The van der Waals surface area contributed by atoms with E-state index < -0.39 is 9.84 Å². The molecular formula is C25H29N3O2S. The summed E-state index contributed by atoms with van der Waals surface area (Å²) in [6.07, 6.45) is 5.32. The van der Waals surface area contributed by atoms with Gasteiger partial charge in [-0.2, -0.15) is 0 Å². The van der Waals surface area contributed by atoms with Gasteiger partial charge >= 0.3 is 0 Å². The number of anilines is 1. The SMILES string of the molecule is CCN1CCN(c2nc(C=Cc3ccc(CS(C)(=O)=O)cc3)cc3ccccc23)CC1. The number of sulfone groups is 1. The van der Waals surface area contributed by atoms with Crippen LogP contribution in [-0.2, 0) is 15.6 Å². The Morgan fingerprint density at radius 3 is 2.35 bits per heavy atom. The molecule has 0 saturated carbocycles. The highest BCUT2D eigenvalue weighted by atomic mass is 32.2. The van der Waals surface area contributed by atoms with Crippen LogP contribution in [0, 0.1) is 0 Å². The summed E-state index contributed by atoms with van der Waals surface area (Å²) in [5.41, 5.74) is 2.74. The number of nitrogens with zero attached hydrogens (tertiary/aromatic N) is 3. The number of pyridine rings is 1. The Bertz CT molecular complexity index is 1180. The number of aromatic nitrogens is 1. The number of benzene rings is 2. The minimum atomic E-state index is -3.02.